The highest BCUT2D eigenvalue weighted by Crippen LogP contribution is 2.26. The highest BCUT2D eigenvalue weighted by atomic mass is 79.9. The molecule has 0 aliphatic rings. The molecule has 1 aromatic rings. The van der Waals surface area contributed by atoms with Crippen molar-refractivity contribution >= 4 is 21.8 Å². The Bertz CT molecular complexity index is 448. The summed E-state index contributed by atoms with van der Waals surface area (Å²) in [5.41, 5.74) is 0.693. The van der Waals surface area contributed by atoms with Gasteiger partial charge in [-0.15, -0.1) is 0 Å². The number of halogens is 1. The van der Waals surface area contributed by atoms with Crippen molar-refractivity contribution in [3.63, 3.8) is 0 Å². The molecule has 1 amide bonds. The van der Waals surface area contributed by atoms with Crippen LogP contribution >= 0.6 is 15.9 Å². The molecule has 0 heterocycles. The van der Waals surface area contributed by atoms with Crippen LogP contribution < -0.4 is 4.74 Å². The fraction of sp³-hybridized carbons (Fsp3) is 0.562. The maximum atomic E-state index is 12.6. The Morgan fingerprint density at radius 2 is 1.75 bits per heavy atom. The Labute approximate surface area is 130 Å². The van der Waals surface area contributed by atoms with E-state index in [1.807, 2.05) is 23.1 Å². The van der Waals surface area contributed by atoms with E-state index in [1.54, 1.807) is 7.11 Å². The highest BCUT2D eigenvalue weighted by molar-refractivity contribution is 9.10. The van der Waals surface area contributed by atoms with Crippen molar-refractivity contribution < 1.29 is 9.53 Å². The summed E-state index contributed by atoms with van der Waals surface area (Å²) < 4.78 is 6.00. The van der Waals surface area contributed by atoms with Gasteiger partial charge in [-0.25, -0.2) is 0 Å². The number of carbonyl (C=O) groups excluding carboxylic acids is 1. The Hall–Kier alpha value is -1.03. The lowest BCUT2D eigenvalue weighted by atomic mass is 10.1. The lowest BCUT2D eigenvalue weighted by Gasteiger charge is -2.26. The second kappa shape index (κ2) is 7.67. The van der Waals surface area contributed by atoms with Gasteiger partial charge in [0.15, 0.2) is 0 Å². The second-order valence-corrected chi connectivity index (χ2v) is 6.70. The van der Waals surface area contributed by atoms with Crippen molar-refractivity contribution in [2.45, 2.75) is 27.7 Å². The Balaban J connectivity index is 2.96. The standard InChI is InChI=1S/C16H24BrNO2/c1-11(2)9-18(10-12(3)4)16(19)13-6-7-15(20-5)14(17)8-13/h6-8,11-12H,9-10H2,1-5H3. The number of benzene rings is 1. The summed E-state index contributed by atoms with van der Waals surface area (Å²) >= 11 is 3.43. The van der Waals surface area contributed by atoms with Gasteiger partial charge in [0.05, 0.1) is 11.6 Å². The smallest absolute Gasteiger partial charge is 0.253 e. The summed E-state index contributed by atoms with van der Waals surface area (Å²) in [6, 6.07) is 5.47. The second-order valence-electron chi connectivity index (χ2n) is 5.85. The lowest BCUT2D eigenvalue weighted by molar-refractivity contribution is 0.0715. The number of methoxy groups -OCH3 is 1. The first kappa shape index (κ1) is 17.0. The van der Waals surface area contributed by atoms with Crippen LogP contribution in [-0.4, -0.2) is 31.0 Å². The van der Waals surface area contributed by atoms with E-state index in [2.05, 4.69) is 43.6 Å². The first-order valence-corrected chi connectivity index (χ1v) is 7.77. The molecule has 4 heteroatoms. The van der Waals surface area contributed by atoms with E-state index in [0.29, 0.717) is 17.4 Å². The molecule has 0 bridgehead atoms. The Morgan fingerprint density at radius 3 is 2.15 bits per heavy atom. The SMILES string of the molecule is COc1ccc(C(=O)N(CC(C)C)CC(C)C)cc1Br. The summed E-state index contributed by atoms with van der Waals surface area (Å²) in [7, 11) is 1.62. The van der Waals surface area contributed by atoms with Crippen molar-refractivity contribution in [2.75, 3.05) is 20.2 Å². The maximum Gasteiger partial charge on any atom is 0.253 e. The van der Waals surface area contributed by atoms with E-state index in [0.717, 1.165) is 23.3 Å². The van der Waals surface area contributed by atoms with Crippen LogP contribution in [0.15, 0.2) is 22.7 Å². The van der Waals surface area contributed by atoms with Crippen molar-refractivity contribution in [1.82, 2.24) is 4.90 Å². The molecule has 112 valence electrons. The number of hydrogen-bond acceptors (Lipinski definition) is 2. The third-order valence-corrected chi connectivity index (χ3v) is 3.48. The van der Waals surface area contributed by atoms with Gasteiger partial charge < -0.3 is 9.64 Å². The van der Waals surface area contributed by atoms with E-state index < -0.39 is 0 Å². The predicted octanol–water partition coefficient (Wildman–Crippen LogP) is 4.21. The van der Waals surface area contributed by atoms with E-state index in [-0.39, 0.29) is 5.91 Å². The summed E-state index contributed by atoms with van der Waals surface area (Å²) in [6.45, 7) is 10.1. The number of ether oxygens (including phenoxy) is 1. The largest absolute Gasteiger partial charge is 0.496 e. The van der Waals surface area contributed by atoms with Gasteiger partial charge in [-0.3, -0.25) is 4.79 Å². The monoisotopic (exact) mass is 341 g/mol. The first-order valence-electron chi connectivity index (χ1n) is 6.98. The Kier molecular flexibility index (Phi) is 6.53. The molecule has 0 aliphatic heterocycles. The van der Waals surface area contributed by atoms with Gasteiger partial charge in [0, 0.05) is 18.7 Å². The topological polar surface area (TPSA) is 29.5 Å². The van der Waals surface area contributed by atoms with Gasteiger partial charge in [-0.2, -0.15) is 0 Å². The summed E-state index contributed by atoms with van der Waals surface area (Å²) in [5.74, 6) is 1.73. The minimum absolute atomic E-state index is 0.0794. The molecule has 3 nitrogen and oxygen atoms in total. The molecule has 1 aromatic carbocycles. The predicted molar refractivity (Wildman–Crippen MR) is 86.3 cm³/mol. The molecule has 0 N–H and O–H groups in total. The zero-order valence-corrected chi connectivity index (χ0v) is 14.5. The zero-order valence-electron chi connectivity index (χ0n) is 12.9. The van der Waals surface area contributed by atoms with Crippen LogP contribution in [0.1, 0.15) is 38.1 Å². The van der Waals surface area contributed by atoms with E-state index in [9.17, 15) is 4.79 Å². The third-order valence-electron chi connectivity index (χ3n) is 2.86. The Morgan fingerprint density at radius 1 is 1.20 bits per heavy atom. The normalized spacial score (nSPS) is 11.0. The van der Waals surface area contributed by atoms with Crippen molar-refractivity contribution in [3.05, 3.63) is 28.2 Å². The molecule has 0 radical (unpaired) electrons. The van der Waals surface area contributed by atoms with Gasteiger partial charge >= 0.3 is 0 Å². The quantitative estimate of drug-likeness (QED) is 0.775. The fourth-order valence-corrected chi connectivity index (χ4v) is 2.64. The minimum Gasteiger partial charge on any atom is -0.496 e. The van der Waals surface area contributed by atoms with Crippen molar-refractivity contribution in [3.8, 4) is 5.75 Å². The molecule has 0 unspecified atom stereocenters. The molecule has 0 spiro atoms. The van der Waals surface area contributed by atoms with Gasteiger partial charge in [0.2, 0.25) is 0 Å². The molecule has 0 aromatic heterocycles. The van der Waals surface area contributed by atoms with Gasteiger partial charge in [0.25, 0.3) is 5.91 Å². The number of amides is 1. The van der Waals surface area contributed by atoms with Crippen LogP contribution in [0.4, 0.5) is 0 Å². The van der Waals surface area contributed by atoms with Crippen LogP contribution in [0.3, 0.4) is 0 Å². The summed E-state index contributed by atoms with van der Waals surface area (Å²) in [6.07, 6.45) is 0. The molecular weight excluding hydrogens is 318 g/mol. The van der Waals surface area contributed by atoms with Crippen LogP contribution in [-0.2, 0) is 0 Å². The van der Waals surface area contributed by atoms with Gasteiger partial charge in [-0.1, -0.05) is 27.7 Å². The van der Waals surface area contributed by atoms with Crippen LogP contribution in [0.5, 0.6) is 5.75 Å². The fourth-order valence-electron chi connectivity index (χ4n) is 2.10. The molecule has 0 aliphatic carbocycles. The van der Waals surface area contributed by atoms with E-state index in [1.165, 1.54) is 0 Å². The van der Waals surface area contributed by atoms with Crippen molar-refractivity contribution in [1.29, 1.82) is 0 Å². The van der Waals surface area contributed by atoms with Crippen LogP contribution in [0, 0.1) is 11.8 Å². The van der Waals surface area contributed by atoms with Crippen LogP contribution in [0.25, 0.3) is 0 Å². The summed E-state index contributed by atoms with van der Waals surface area (Å²) in [4.78, 5) is 14.6. The molecule has 0 atom stereocenters. The van der Waals surface area contributed by atoms with Crippen LogP contribution in [0.2, 0.25) is 0 Å². The lowest BCUT2D eigenvalue weighted by Crippen LogP contribution is -2.37. The molecule has 1 rings (SSSR count). The zero-order chi connectivity index (χ0) is 15.3. The average Bonchev–Trinajstić information content (AvgIpc) is 2.35. The number of hydrogen-bond donors (Lipinski definition) is 0. The number of carbonyl (C=O) groups is 1. The number of nitrogens with zero attached hydrogens (tertiary/aromatic N) is 1. The number of rotatable bonds is 6. The van der Waals surface area contributed by atoms with Gasteiger partial charge in [0.1, 0.15) is 5.75 Å². The highest BCUT2D eigenvalue weighted by Gasteiger charge is 2.18. The van der Waals surface area contributed by atoms with E-state index >= 15 is 0 Å². The maximum absolute atomic E-state index is 12.6. The third kappa shape index (κ3) is 4.82. The molecule has 0 saturated heterocycles. The molecular formula is C16H24BrNO2. The van der Waals surface area contributed by atoms with E-state index in [4.69, 9.17) is 4.74 Å². The molecule has 0 fully saturated rings. The summed E-state index contributed by atoms with van der Waals surface area (Å²) in [5, 5.41) is 0. The molecule has 20 heavy (non-hydrogen) atoms. The minimum atomic E-state index is 0.0794. The first-order chi connectivity index (χ1) is 9.35. The average molecular weight is 342 g/mol. The van der Waals surface area contributed by atoms with Gasteiger partial charge in [-0.05, 0) is 46.0 Å². The molecule has 0 saturated carbocycles. The van der Waals surface area contributed by atoms with Crippen molar-refractivity contribution in [2.24, 2.45) is 11.8 Å².